The zero-order valence-corrected chi connectivity index (χ0v) is 17.1. The predicted molar refractivity (Wildman–Crippen MR) is 105 cm³/mol. The van der Waals surface area contributed by atoms with Crippen LogP contribution in [0.5, 0.6) is 0 Å². The van der Waals surface area contributed by atoms with E-state index in [-0.39, 0.29) is 22.2 Å². The summed E-state index contributed by atoms with van der Waals surface area (Å²) in [5, 5.41) is 2.35. The van der Waals surface area contributed by atoms with Crippen molar-refractivity contribution >= 4 is 27.6 Å². The molecule has 166 valence electrons. The number of rotatable bonds is 7. The van der Waals surface area contributed by atoms with Gasteiger partial charge < -0.3 is 10.1 Å². The number of hydrogen-bond donors (Lipinski definition) is 2. The standard InChI is InChI=1S/C20H19F3N2O5S/c1-12(18(26)24-15-7-5-14(6-8-15)20(21,22)23)30-19(27)13-3-2-4-17(11-13)31(28,29)25-16-9-10-16/h2-8,11-12,16,25H,9-10H2,1H3,(H,24,26). The molecule has 0 spiro atoms. The van der Waals surface area contributed by atoms with E-state index in [1.165, 1.54) is 25.1 Å². The zero-order valence-electron chi connectivity index (χ0n) is 16.3. The van der Waals surface area contributed by atoms with Crippen LogP contribution in [0, 0.1) is 0 Å². The Bertz CT molecular complexity index is 1080. The van der Waals surface area contributed by atoms with Crippen molar-refractivity contribution in [2.24, 2.45) is 0 Å². The lowest BCUT2D eigenvalue weighted by molar-refractivity contribution is -0.137. The van der Waals surface area contributed by atoms with Gasteiger partial charge in [0.05, 0.1) is 16.0 Å². The van der Waals surface area contributed by atoms with Crippen molar-refractivity contribution in [2.75, 3.05) is 5.32 Å². The van der Waals surface area contributed by atoms with Crippen LogP contribution in [0.1, 0.15) is 35.7 Å². The molecule has 31 heavy (non-hydrogen) atoms. The normalized spacial score (nSPS) is 15.2. The summed E-state index contributed by atoms with van der Waals surface area (Å²) in [4.78, 5) is 24.4. The second kappa shape index (κ2) is 8.67. The van der Waals surface area contributed by atoms with E-state index in [2.05, 4.69) is 10.0 Å². The molecule has 1 unspecified atom stereocenters. The molecule has 0 radical (unpaired) electrons. The molecule has 2 aromatic carbocycles. The molecular formula is C20H19F3N2O5S. The van der Waals surface area contributed by atoms with E-state index >= 15 is 0 Å². The third-order valence-electron chi connectivity index (χ3n) is 4.41. The Morgan fingerprint density at radius 2 is 1.74 bits per heavy atom. The summed E-state index contributed by atoms with van der Waals surface area (Å²) in [7, 11) is -3.77. The maximum Gasteiger partial charge on any atom is 0.416 e. The maximum absolute atomic E-state index is 12.6. The molecule has 7 nitrogen and oxygen atoms in total. The number of carbonyl (C=O) groups is 2. The topological polar surface area (TPSA) is 102 Å². The molecule has 0 aliphatic heterocycles. The lowest BCUT2D eigenvalue weighted by Gasteiger charge is -2.14. The Hall–Kier alpha value is -2.92. The number of anilines is 1. The van der Waals surface area contributed by atoms with Crippen molar-refractivity contribution in [3.05, 3.63) is 59.7 Å². The van der Waals surface area contributed by atoms with Gasteiger partial charge >= 0.3 is 12.1 Å². The van der Waals surface area contributed by atoms with Crippen LogP contribution in [0.4, 0.5) is 18.9 Å². The first-order valence-corrected chi connectivity index (χ1v) is 10.8. The number of ether oxygens (including phenoxy) is 1. The van der Waals surface area contributed by atoms with Gasteiger partial charge in [0, 0.05) is 11.7 Å². The van der Waals surface area contributed by atoms with Gasteiger partial charge in [0.15, 0.2) is 6.10 Å². The van der Waals surface area contributed by atoms with E-state index < -0.39 is 39.7 Å². The van der Waals surface area contributed by atoms with Gasteiger partial charge in [-0.1, -0.05) is 6.07 Å². The summed E-state index contributed by atoms with van der Waals surface area (Å²) < 4.78 is 69.9. The van der Waals surface area contributed by atoms with Crippen LogP contribution in [0.25, 0.3) is 0 Å². The van der Waals surface area contributed by atoms with Crippen LogP contribution in [-0.4, -0.2) is 32.4 Å². The van der Waals surface area contributed by atoms with Crippen LogP contribution >= 0.6 is 0 Å². The summed E-state index contributed by atoms with van der Waals surface area (Å²) in [6.45, 7) is 1.28. The minimum absolute atomic E-state index is 0.0622. The quantitative estimate of drug-likeness (QED) is 0.623. The Morgan fingerprint density at radius 1 is 1.10 bits per heavy atom. The molecule has 1 aliphatic rings. The third kappa shape index (κ3) is 6.05. The van der Waals surface area contributed by atoms with Crippen LogP contribution < -0.4 is 10.0 Å². The molecule has 0 bridgehead atoms. The van der Waals surface area contributed by atoms with Crippen LogP contribution in [0.3, 0.4) is 0 Å². The molecule has 2 N–H and O–H groups in total. The molecule has 2 aromatic rings. The lowest BCUT2D eigenvalue weighted by atomic mass is 10.2. The van der Waals surface area contributed by atoms with Gasteiger partial charge in [0.25, 0.3) is 5.91 Å². The largest absolute Gasteiger partial charge is 0.449 e. The van der Waals surface area contributed by atoms with E-state index in [9.17, 15) is 31.2 Å². The van der Waals surface area contributed by atoms with Gasteiger partial charge in [-0.25, -0.2) is 17.9 Å². The van der Waals surface area contributed by atoms with E-state index in [0.717, 1.165) is 43.2 Å². The molecule has 0 heterocycles. The summed E-state index contributed by atoms with van der Waals surface area (Å²) in [5.74, 6) is -1.68. The summed E-state index contributed by atoms with van der Waals surface area (Å²) in [6, 6.07) is 8.89. The van der Waals surface area contributed by atoms with Crippen molar-refractivity contribution < 1.29 is 35.9 Å². The summed E-state index contributed by atoms with van der Waals surface area (Å²) in [6.07, 6.45) is -4.26. The number of carbonyl (C=O) groups excluding carboxylic acids is 2. The maximum atomic E-state index is 12.6. The average Bonchev–Trinajstić information content (AvgIpc) is 3.51. The molecule has 1 saturated carbocycles. The first-order chi connectivity index (χ1) is 14.5. The first kappa shape index (κ1) is 22.8. The number of alkyl halides is 3. The molecule has 1 fully saturated rings. The Labute approximate surface area is 176 Å². The fraction of sp³-hybridized carbons (Fsp3) is 0.300. The molecule has 1 aliphatic carbocycles. The van der Waals surface area contributed by atoms with Crippen LogP contribution in [-0.2, 0) is 25.7 Å². The predicted octanol–water partition coefficient (Wildman–Crippen LogP) is 3.33. The second-order valence-electron chi connectivity index (χ2n) is 7.04. The summed E-state index contributed by atoms with van der Waals surface area (Å²) >= 11 is 0. The third-order valence-corrected chi connectivity index (χ3v) is 5.93. The van der Waals surface area contributed by atoms with Crippen LogP contribution in [0.2, 0.25) is 0 Å². The van der Waals surface area contributed by atoms with E-state index in [1.54, 1.807) is 0 Å². The number of nitrogens with one attached hydrogen (secondary N) is 2. The fourth-order valence-electron chi connectivity index (χ4n) is 2.55. The highest BCUT2D eigenvalue weighted by atomic mass is 32.2. The number of halogens is 3. The average molecular weight is 456 g/mol. The number of hydrogen-bond acceptors (Lipinski definition) is 5. The number of sulfonamides is 1. The zero-order chi connectivity index (χ0) is 22.8. The SMILES string of the molecule is CC(OC(=O)c1cccc(S(=O)(=O)NC2CC2)c1)C(=O)Nc1ccc(C(F)(F)F)cc1. The molecule has 1 amide bonds. The molecule has 1 atom stereocenters. The highest BCUT2D eigenvalue weighted by molar-refractivity contribution is 7.89. The minimum Gasteiger partial charge on any atom is -0.449 e. The van der Waals surface area contributed by atoms with Gasteiger partial charge in [-0.15, -0.1) is 0 Å². The van der Waals surface area contributed by atoms with Crippen molar-refractivity contribution in [1.82, 2.24) is 4.72 Å². The lowest BCUT2D eigenvalue weighted by Crippen LogP contribution is -2.30. The van der Waals surface area contributed by atoms with Crippen molar-refractivity contribution in [1.29, 1.82) is 0 Å². The fourth-order valence-corrected chi connectivity index (χ4v) is 3.90. The van der Waals surface area contributed by atoms with E-state index in [0.29, 0.717) is 0 Å². The van der Waals surface area contributed by atoms with Crippen molar-refractivity contribution in [2.45, 2.75) is 43.0 Å². The smallest absolute Gasteiger partial charge is 0.416 e. The van der Waals surface area contributed by atoms with Gasteiger partial charge in [-0.2, -0.15) is 13.2 Å². The van der Waals surface area contributed by atoms with Crippen molar-refractivity contribution in [3.8, 4) is 0 Å². The molecule has 3 rings (SSSR count). The molecule has 11 heteroatoms. The van der Waals surface area contributed by atoms with Crippen molar-refractivity contribution in [3.63, 3.8) is 0 Å². The Kier molecular flexibility index (Phi) is 6.37. The number of esters is 1. The van der Waals surface area contributed by atoms with E-state index in [1.807, 2.05) is 0 Å². The second-order valence-corrected chi connectivity index (χ2v) is 8.75. The minimum atomic E-state index is -4.50. The number of amides is 1. The summed E-state index contributed by atoms with van der Waals surface area (Å²) in [5.41, 5.74) is -0.830. The highest BCUT2D eigenvalue weighted by Crippen LogP contribution is 2.30. The van der Waals surface area contributed by atoms with Crippen LogP contribution in [0.15, 0.2) is 53.4 Å². The molecule has 0 saturated heterocycles. The highest BCUT2D eigenvalue weighted by Gasteiger charge is 2.30. The van der Waals surface area contributed by atoms with Gasteiger partial charge in [-0.3, -0.25) is 4.79 Å². The first-order valence-electron chi connectivity index (χ1n) is 9.27. The van der Waals surface area contributed by atoms with E-state index in [4.69, 9.17) is 4.74 Å². The van der Waals surface area contributed by atoms with Gasteiger partial charge in [-0.05, 0) is 62.2 Å². The monoisotopic (exact) mass is 456 g/mol. The van der Waals surface area contributed by atoms with Gasteiger partial charge in [0.1, 0.15) is 0 Å². The molecular weight excluding hydrogens is 437 g/mol. The Morgan fingerprint density at radius 3 is 2.32 bits per heavy atom. The molecule has 0 aromatic heterocycles. The number of benzene rings is 2. The van der Waals surface area contributed by atoms with Gasteiger partial charge in [0.2, 0.25) is 10.0 Å². The Balaban J connectivity index is 1.62.